The van der Waals surface area contributed by atoms with Crippen molar-refractivity contribution in [3.63, 3.8) is 0 Å². The Morgan fingerprint density at radius 1 is 1.32 bits per heavy atom. The molecule has 6 heteroatoms. The summed E-state index contributed by atoms with van der Waals surface area (Å²) in [5.74, 6) is 3.52. The fourth-order valence-electron chi connectivity index (χ4n) is 2.34. The van der Waals surface area contributed by atoms with Gasteiger partial charge in [-0.2, -0.15) is 5.26 Å². The molecule has 0 saturated carbocycles. The lowest BCUT2D eigenvalue weighted by atomic mass is 10.1. The van der Waals surface area contributed by atoms with Crippen LogP contribution in [0.5, 0.6) is 5.75 Å². The molecule has 0 aliphatic carbocycles. The number of hydrogen-bond donors (Lipinski definition) is 1. The molecule has 4 nitrogen and oxygen atoms in total. The highest BCUT2D eigenvalue weighted by Crippen LogP contribution is 2.35. The van der Waals surface area contributed by atoms with Crippen LogP contribution in [0.25, 0.3) is 22.7 Å². The zero-order chi connectivity index (χ0) is 17.8. The van der Waals surface area contributed by atoms with Crippen molar-refractivity contribution in [1.29, 1.82) is 5.26 Å². The van der Waals surface area contributed by atoms with Crippen molar-refractivity contribution in [3.8, 4) is 24.2 Å². The maximum atomic E-state index is 9.60. The first kappa shape index (κ1) is 17.3. The lowest BCUT2D eigenvalue weighted by molar-refractivity contribution is 0.367. The van der Waals surface area contributed by atoms with Gasteiger partial charge in [0.1, 0.15) is 24.3 Å². The Labute approximate surface area is 161 Å². The molecule has 0 bridgehead atoms. The molecule has 0 spiro atoms. The molecule has 3 aromatic rings. The summed E-state index contributed by atoms with van der Waals surface area (Å²) in [6.07, 6.45) is 7.01. The number of nitrogens with one attached hydrogen (secondary N) is 1. The van der Waals surface area contributed by atoms with Crippen molar-refractivity contribution in [2.45, 2.75) is 0 Å². The van der Waals surface area contributed by atoms with E-state index in [4.69, 9.17) is 11.2 Å². The lowest BCUT2D eigenvalue weighted by Gasteiger charge is -2.10. The third-order valence-electron chi connectivity index (χ3n) is 3.40. The van der Waals surface area contributed by atoms with Gasteiger partial charge in [-0.1, -0.05) is 34.0 Å². The molecule has 0 fully saturated rings. The minimum absolute atomic E-state index is 0.133. The quantitative estimate of drug-likeness (QED) is 0.435. The molecule has 1 aromatic heterocycles. The van der Waals surface area contributed by atoms with Crippen molar-refractivity contribution < 1.29 is 4.74 Å². The molecule has 0 atom stereocenters. The lowest BCUT2D eigenvalue weighted by Crippen LogP contribution is -1.97. The summed E-state index contributed by atoms with van der Waals surface area (Å²) in [6.45, 7) is 0.133. The van der Waals surface area contributed by atoms with E-state index in [1.807, 2.05) is 36.4 Å². The maximum Gasteiger partial charge on any atom is 0.149 e. The second-order valence-corrected chi connectivity index (χ2v) is 6.84. The largest absolute Gasteiger partial charge is 0.479 e. The van der Waals surface area contributed by atoms with E-state index < -0.39 is 0 Å². The van der Waals surface area contributed by atoms with Crippen molar-refractivity contribution >= 4 is 54.5 Å². The summed E-state index contributed by atoms with van der Waals surface area (Å²) in [7, 11) is 0. The number of fused-ring (bicyclic) bond motifs is 1. The maximum absolute atomic E-state index is 9.60. The van der Waals surface area contributed by atoms with Gasteiger partial charge in [-0.05, 0) is 46.3 Å². The molecular weight excluding hydrogens is 446 g/mol. The zero-order valence-corrected chi connectivity index (χ0v) is 16.1. The summed E-state index contributed by atoms with van der Waals surface area (Å²) in [6, 6.07) is 13.5. The highest BCUT2D eigenvalue weighted by atomic mass is 79.9. The van der Waals surface area contributed by atoms with Gasteiger partial charge in [0.25, 0.3) is 0 Å². The van der Waals surface area contributed by atoms with Crippen molar-refractivity contribution in [2.75, 3.05) is 6.61 Å². The number of hydrogen-bond acceptors (Lipinski definition) is 3. The normalized spacial score (nSPS) is 11.1. The average molecular weight is 457 g/mol. The van der Waals surface area contributed by atoms with E-state index in [1.165, 1.54) is 0 Å². The number of nitrogens with zero attached hydrogens (tertiary/aromatic N) is 2. The summed E-state index contributed by atoms with van der Waals surface area (Å²) in [4.78, 5) is 7.63. The van der Waals surface area contributed by atoms with Gasteiger partial charge < -0.3 is 9.72 Å². The number of rotatable bonds is 4. The number of aromatic nitrogens is 2. The van der Waals surface area contributed by atoms with Crippen LogP contribution in [-0.2, 0) is 0 Å². The molecule has 0 aliphatic heterocycles. The first-order valence-electron chi connectivity index (χ1n) is 7.24. The number of H-pyrrole nitrogens is 1. The average Bonchev–Trinajstić information content (AvgIpc) is 3.02. The van der Waals surface area contributed by atoms with Gasteiger partial charge in [0.05, 0.1) is 21.1 Å². The summed E-state index contributed by atoms with van der Waals surface area (Å²) >= 11 is 6.92. The van der Waals surface area contributed by atoms with E-state index in [0.29, 0.717) is 22.7 Å². The number of para-hydroxylation sites is 2. The molecule has 0 amide bonds. The van der Waals surface area contributed by atoms with E-state index >= 15 is 0 Å². The standard InChI is InChI=1S/C19H11Br2N3O/c1-2-7-25-18-12(9-14(20)10-15(18)21)8-13(11-22)19-23-16-5-3-4-6-17(16)24-19/h1,3-6,8-10H,7H2,(H,23,24)/b13-8+. The monoisotopic (exact) mass is 455 g/mol. The molecule has 0 radical (unpaired) electrons. The molecule has 25 heavy (non-hydrogen) atoms. The fourth-order valence-corrected chi connectivity index (χ4v) is 3.72. The van der Waals surface area contributed by atoms with Gasteiger partial charge in [-0.15, -0.1) is 6.42 Å². The highest BCUT2D eigenvalue weighted by molar-refractivity contribution is 9.11. The van der Waals surface area contributed by atoms with Crippen LogP contribution in [0.3, 0.4) is 0 Å². The number of imidazole rings is 1. The summed E-state index contributed by atoms with van der Waals surface area (Å²) < 4.78 is 7.21. The number of halogens is 2. The molecule has 0 unspecified atom stereocenters. The Balaban J connectivity index is 2.11. The zero-order valence-electron chi connectivity index (χ0n) is 12.9. The smallest absolute Gasteiger partial charge is 0.149 e. The van der Waals surface area contributed by atoms with Crippen LogP contribution in [0.2, 0.25) is 0 Å². The highest BCUT2D eigenvalue weighted by Gasteiger charge is 2.13. The number of ether oxygens (including phenoxy) is 1. The molecule has 0 saturated heterocycles. The SMILES string of the molecule is C#CCOc1c(Br)cc(Br)cc1/C=C(\C#N)c1nc2ccccc2[nH]1. The van der Waals surface area contributed by atoms with Gasteiger partial charge in [0.2, 0.25) is 0 Å². The van der Waals surface area contributed by atoms with E-state index in [2.05, 4.69) is 53.8 Å². The molecule has 3 rings (SSSR count). The minimum Gasteiger partial charge on any atom is -0.479 e. The van der Waals surface area contributed by atoms with Crippen molar-refractivity contribution in [2.24, 2.45) is 0 Å². The van der Waals surface area contributed by atoms with E-state index in [1.54, 1.807) is 6.08 Å². The number of aromatic amines is 1. The third-order valence-corrected chi connectivity index (χ3v) is 4.45. The molecule has 1 N–H and O–H groups in total. The number of nitriles is 1. The molecule has 2 aromatic carbocycles. The number of allylic oxidation sites excluding steroid dienone is 1. The van der Waals surface area contributed by atoms with Gasteiger partial charge in [-0.25, -0.2) is 4.98 Å². The van der Waals surface area contributed by atoms with Crippen LogP contribution in [0.1, 0.15) is 11.4 Å². The molecule has 122 valence electrons. The van der Waals surface area contributed by atoms with Gasteiger partial charge in [-0.3, -0.25) is 0 Å². The number of terminal acetylenes is 1. The van der Waals surface area contributed by atoms with Crippen LogP contribution in [0, 0.1) is 23.7 Å². The predicted molar refractivity (Wildman–Crippen MR) is 106 cm³/mol. The van der Waals surface area contributed by atoms with Crippen molar-refractivity contribution in [1.82, 2.24) is 9.97 Å². The third kappa shape index (κ3) is 3.76. The van der Waals surface area contributed by atoms with Crippen LogP contribution < -0.4 is 4.74 Å². The van der Waals surface area contributed by atoms with Crippen LogP contribution >= 0.6 is 31.9 Å². The van der Waals surface area contributed by atoms with E-state index in [9.17, 15) is 5.26 Å². The Morgan fingerprint density at radius 3 is 2.84 bits per heavy atom. The second kappa shape index (κ2) is 7.57. The Morgan fingerprint density at radius 2 is 2.12 bits per heavy atom. The van der Waals surface area contributed by atoms with Crippen molar-refractivity contribution in [3.05, 3.63) is 56.7 Å². The van der Waals surface area contributed by atoms with Gasteiger partial charge in [0, 0.05) is 10.0 Å². The van der Waals surface area contributed by atoms with Gasteiger partial charge in [0.15, 0.2) is 0 Å². The first-order chi connectivity index (χ1) is 12.1. The van der Waals surface area contributed by atoms with Crippen LogP contribution in [0.4, 0.5) is 0 Å². The molecule has 0 aliphatic rings. The Hall–Kier alpha value is -2.54. The predicted octanol–water partition coefficient (Wildman–Crippen LogP) is 5.16. The Bertz CT molecular complexity index is 1020. The fraction of sp³-hybridized carbons (Fsp3) is 0.0526. The second-order valence-electron chi connectivity index (χ2n) is 5.07. The van der Waals surface area contributed by atoms with Crippen LogP contribution in [-0.4, -0.2) is 16.6 Å². The van der Waals surface area contributed by atoms with Crippen LogP contribution in [0.15, 0.2) is 45.3 Å². The molecule has 1 heterocycles. The van der Waals surface area contributed by atoms with E-state index in [-0.39, 0.29) is 6.61 Å². The molecular formula is C19H11Br2N3O. The Kier molecular flexibility index (Phi) is 5.23. The minimum atomic E-state index is 0.133. The summed E-state index contributed by atoms with van der Waals surface area (Å²) in [5.41, 5.74) is 2.79. The number of benzene rings is 2. The van der Waals surface area contributed by atoms with E-state index in [0.717, 1.165) is 20.0 Å². The topological polar surface area (TPSA) is 61.7 Å². The first-order valence-corrected chi connectivity index (χ1v) is 8.83. The summed E-state index contributed by atoms with van der Waals surface area (Å²) in [5, 5.41) is 9.60. The van der Waals surface area contributed by atoms with Gasteiger partial charge >= 0.3 is 0 Å².